The first-order valence-corrected chi connectivity index (χ1v) is 8.90. The second kappa shape index (κ2) is 8.66. The highest BCUT2D eigenvalue weighted by Crippen LogP contribution is 2.28. The molecule has 3 N–H and O–H groups in total. The summed E-state index contributed by atoms with van der Waals surface area (Å²) in [5.41, 5.74) is 5.87. The molecule has 0 radical (unpaired) electrons. The van der Waals surface area contributed by atoms with E-state index in [2.05, 4.69) is 9.46 Å². The van der Waals surface area contributed by atoms with Crippen LogP contribution in [-0.4, -0.2) is 41.2 Å². The van der Waals surface area contributed by atoms with Gasteiger partial charge in [-0.2, -0.15) is 0 Å². The van der Waals surface area contributed by atoms with Gasteiger partial charge in [0.2, 0.25) is 10.0 Å². The monoisotopic (exact) mass is 378 g/mol. The molecule has 2 atom stereocenters. The fraction of sp³-hybridized carbons (Fsp3) is 0.533. The summed E-state index contributed by atoms with van der Waals surface area (Å²) in [5.74, 6) is -0.278. The lowest BCUT2D eigenvalue weighted by atomic mass is 10.1. The summed E-state index contributed by atoms with van der Waals surface area (Å²) in [7, 11) is -1.09. The van der Waals surface area contributed by atoms with Gasteiger partial charge in [-0.05, 0) is 37.4 Å². The molecule has 1 aliphatic carbocycles. The second-order valence-electron chi connectivity index (χ2n) is 5.51. The molecule has 2 unspecified atom stereocenters. The number of hydrogen-bond acceptors (Lipinski definition) is 6. The average Bonchev–Trinajstić information content (AvgIpc) is 2.99. The Morgan fingerprint density at radius 1 is 1.33 bits per heavy atom. The zero-order valence-corrected chi connectivity index (χ0v) is 15.3. The number of nitrogens with two attached hydrogens (primary N) is 1. The topological polar surface area (TPSA) is 108 Å². The maximum absolute atomic E-state index is 12.5. The first-order chi connectivity index (χ1) is 10.9. The van der Waals surface area contributed by atoms with Gasteiger partial charge in [0.15, 0.2) is 0 Å². The second-order valence-corrected chi connectivity index (χ2v) is 7.22. The van der Waals surface area contributed by atoms with E-state index in [0.29, 0.717) is 6.54 Å². The highest BCUT2D eigenvalue weighted by atomic mass is 35.5. The summed E-state index contributed by atoms with van der Waals surface area (Å²) in [6.07, 6.45) is 2.66. The number of esters is 1. The first kappa shape index (κ1) is 20.7. The molecule has 0 bridgehead atoms. The molecule has 0 spiro atoms. The Kier molecular flexibility index (Phi) is 7.47. The fourth-order valence-electron chi connectivity index (χ4n) is 2.86. The molecule has 9 heteroatoms. The van der Waals surface area contributed by atoms with Crippen LogP contribution in [0.1, 0.15) is 29.6 Å². The molecule has 136 valence electrons. The minimum Gasteiger partial charge on any atom is -0.496 e. The number of methoxy groups -OCH3 is 2. The number of hydrogen-bond donors (Lipinski definition) is 2. The number of sulfonamides is 1. The van der Waals surface area contributed by atoms with Crippen LogP contribution < -0.4 is 15.2 Å². The molecule has 1 aromatic carbocycles. The van der Waals surface area contributed by atoms with Gasteiger partial charge in [-0.1, -0.05) is 6.42 Å². The van der Waals surface area contributed by atoms with Crippen LogP contribution in [0.4, 0.5) is 0 Å². The molecular formula is C15H23ClN2O5S. The van der Waals surface area contributed by atoms with E-state index >= 15 is 0 Å². The summed E-state index contributed by atoms with van der Waals surface area (Å²) in [4.78, 5) is 11.7. The molecule has 1 aromatic rings. The van der Waals surface area contributed by atoms with Gasteiger partial charge < -0.3 is 15.2 Å². The van der Waals surface area contributed by atoms with E-state index in [9.17, 15) is 13.2 Å². The third kappa shape index (κ3) is 4.38. The molecule has 0 aromatic heterocycles. The quantitative estimate of drug-likeness (QED) is 0.722. The Morgan fingerprint density at radius 2 is 2.04 bits per heavy atom. The number of rotatable bonds is 6. The van der Waals surface area contributed by atoms with Gasteiger partial charge in [-0.15, -0.1) is 12.4 Å². The predicted molar refractivity (Wildman–Crippen MR) is 92.1 cm³/mol. The number of benzene rings is 1. The minimum atomic E-state index is -3.71. The van der Waals surface area contributed by atoms with E-state index in [1.54, 1.807) is 0 Å². The van der Waals surface area contributed by atoms with Gasteiger partial charge in [0.05, 0.1) is 19.1 Å². The smallest absolute Gasteiger partial charge is 0.341 e. The van der Waals surface area contributed by atoms with E-state index in [1.165, 1.54) is 32.4 Å². The number of halogens is 1. The van der Waals surface area contributed by atoms with Crippen molar-refractivity contribution in [3.05, 3.63) is 23.8 Å². The van der Waals surface area contributed by atoms with Crippen LogP contribution in [0, 0.1) is 5.92 Å². The van der Waals surface area contributed by atoms with Crippen LogP contribution in [0.25, 0.3) is 0 Å². The summed E-state index contributed by atoms with van der Waals surface area (Å²) in [5, 5.41) is 0. The van der Waals surface area contributed by atoms with Crippen molar-refractivity contribution in [2.24, 2.45) is 11.7 Å². The predicted octanol–water partition coefficient (Wildman–Crippen LogP) is 1.31. The van der Waals surface area contributed by atoms with Gasteiger partial charge >= 0.3 is 5.97 Å². The van der Waals surface area contributed by atoms with Crippen LogP contribution in [0.3, 0.4) is 0 Å². The maximum atomic E-state index is 12.5. The van der Waals surface area contributed by atoms with Crippen LogP contribution in [0.15, 0.2) is 23.1 Å². The summed E-state index contributed by atoms with van der Waals surface area (Å²) < 4.78 is 37.5. The van der Waals surface area contributed by atoms with Gasteiger partial charge in [-0.3, -0.25) is 0 Å². The standard InChI is InChI=1S/C15H22N2O5S.ClH/c1-21-14-8-11(6-7-12(14)15(18)22-2)23(19,20)17-13-5-3-4-10(13)9-16;/h6-8,10,13,17H,3-5,9,16H2,1-2H3;1H. The number of carbonyl (C=O) groups excluding carboxylic acids is 1. The van der Waals surface area contributed by atoms with Crippen molar-refractivity contribution in [3.63, 3.8) is 0 Å². The molecule has 7 nitrogen and oxygen atoms in total. The largest absolute Gasteiger partial charge is 0.496 e. The van der Waals surface area contributed by atoms with Crippen molar-refractivity contribution in [2.75, 3.05) is 20.8 Å². The van der Waals surface area contributed by atoms with E-state index in [1.807, 2.05) is 0 Å². The lowest BCUT2D eigenvalue weighted by Crippen LogP contribution is -2.39. The highest BCUT2D eigenvalue weighted by Gasteiger charge is 2.30. The van der Waals surface area contributed by atoms with Crippen molar-refractivity contribution >= 4 is 28.4 Å². The molecular weight excluding hydrogens is 356 g/mol. The first-order valence-electron chi connectivity index (χ1n) is 7.41. The zero-order chi connectivity index (χ0) is 17.0. The molecule has 1 fully saturated rings. The van der Waals surface area contributed by atoms with Gasteiger partial charge in [-0.25, -0.2) is 17.9 Å². The normalized spacial score (nSPS) is 20.3. The van der Waals surface area contributed by atoms with Gasteiger partial charge in [0.1, 0.15) is 11.3 Å². The summed E-state index contributed by atoms with van der Waals surface area (Å²) in [6, 6.07) is 3.91. The Bertz CT molecular complexity index is 680. The van der Waals surface area contributed by atoms with Crippen molar-refractivity contribution in [3.8, 4) is 5.75 Å². The van der Waals surface area contributed by atoms with Crippen LogP contribution in [0.2, 0.25) is 0 Å². The van der Waals surface area contributed by atoms with Crippen LogP contribution in [-0.2, 0) is 14.8 Å². The molecule has 1 saturated carbocycles. The number of ether oxygens (including phenoxy) is 2. The molecule has 24 heavy (non-hydrogen) atoms. The summed E-state index contributed by atoms with van der Waals surface area (Å²) in [6.45, 7) is 0.456. The Hall–Kier alpha value is -1.35. The van der Waals surface area contributed by atoms with Crippen molar-refractivity contribution in [2.45, 2.75) is 30.2 Å². The number of carbonyl (C=O) groups is 1. The maximum Gasteiger partial charge on any atom is 0.341 e. The van der Waals surface area contributed by atoms with Crippen molar-refractivity contribution < 1.29 is 22.7 Å². The zero-order valence-electron chi connectivity index (χ0n) is 13.7. The van der Waals surface area contributed by atoms with E-state index in [4.69, 9.17) is 10.5 Å². The molecule has 0 saturated heterocycles. The average molecular weight is 379 g/mol. The van der Waals surface area contributed by atoms with E-state index in [-0.39, 0.29) is 40.6 Å². The van der Waals surface area contributed by atoms with E-state index < -0.39 is 16.0 Å². The Balaban J connectivity index is 0.00000288. The molecule has 2 rings (SSSR count). The lowest BCUT2D eigenvalue weighted by Gasteiger charge is -2.19. The lowest BCUT2D eigenvalue weighted by molar-refractivity contribution is 0.0597. The van der Waals surface area contributed by atoms with Crippen molar-refractivity contribution in [1.82, 2.24) is 4.72 Å². The molecule has 1 aliphatic rings. The highest BCUT2D eigenvalue weighted by molar-refractivity contribution is 7.89. The molecule has 0 aliphatic heterocycles. The van der Waals surface area contributed by atoms with Crippen molar-refractivity contribution in [1.29, 1.82) is 0 Å². The van der Waals surface area contributed by atoms with Gasteiger partial charge in [0.25, 0.3) is 0 Å². The number of nitrogens with one attached hydrogen (secondary N) is 1. The molecule has 0 amide bonds. The Morgan fingerprint density at radius 3 is 2.62 bits per heavy atom. The summed E-state index contributed by atoms with van der Waals surface area (Å²) >= 11 is 0. The van der Waals surface area contributed by atoms with E-state index in [0.717, 1.165) is 19.3 Å². The van der Waals surface area contributed by atoms with Crippen LogP contribution in [0.5, 0.6) is 5.75 Å². The SMILES string of the molecule is COC(=O)c1ccc(S(=O)(=O)NC2CCCC2CN)cc1OC.Cl. The van der Waals surface area contributed by atoms with Gasteiger partial charge in [0, 0.05) is 12.1 Å². The molecule has 0 heterocycles. The third-order valence-corrected chi connectivity index (χ3v) is 5.64. The fourth-order valence-corrected chi connectivity index (χ4v) is 4.21. The van der Waals surface area contributed by atoms with Crippen LogP contribution >= 0.6 is 12.4 Å². The third-order valence-electron chi connectivity index (χ3n) is 4.16. The Labute approximate surface area is 148 Å². The minimum absolute atomic E-state index is 0.